The van der Waals surface area contributed by atoms with E-state index < -0.39 is 13.0 Å². The van der Waals surface area contributed by atoms with Crippen LogP contribution in [0.15, 0.2) is 4.99 Å². The van der Waals surface area contributed by atoms with Crippen molar-refractivity contribution in [2.75, 3.05) is 6.54 Å². The van der Waals surface area contributed by atoms with Gasteiger partial charge in [-0.3, -0.25) is 0 Å². The van der Waals surface area contributed by atoms with E-state index in [4.69, 9.17) is 5.73 Å². The Morgan fingerprint density at radius 1 is 1.25 bits per heavy atom. The summed E-state index contributed by atoms with van der Waals surface area (Å²) in [6.07, 6.45) is 4.58. The van der Waals surface area contributed by atoms with Crippen LogP contribution in [-0.4, -0.2) is 25.0 Å². The molecule has 0 spiro atoms. The van der Waals surface area contributed by atoms with Gasteiger partial charge in [0, 0.05) is 6.04 Å². The van der Waals surface area contributed by atoms with Gasteiger partial charge in [-0.1, -0.05) is 25.7 Å². The lowest BCUT2D eigenvalue weighted by Gasteiger charge is -2.16. The fourth-order valence-corrected chi connectivity index (χ4v) is 1.85. The van der Waals surface area contributed by atoms with Gasteiger partial charge in [0.1, 0.15) is 6.54 Å². The first kappa shape index (κ1) is 15.9. The number of halogens is 3. The standard InChI is InChI=1S/C10H19F2N3.HI/c11-9(12)7-14-10(13)15-8-5-3-1-2-4-6-8;/h8-9H,1-7H2,(H3,13,14,15);1H. The largest absolute Gasteiger partial charge is 0.370 e. The number of guanidine groups is 1. The van der Waals surface area contributed by atoms with Crippen molar-refractivity contribution < 1.29 is 8.78 Å². The second-order valence-electron chi connectivity index (χ2n) is 3.95. The van der Waals surface area contributed by atoms with Crippen LogP contribution in [0, 0.1) is 0 Å². The molecule has 0 aromatic rings. The Balaban J connectivity index is 0.00000225. The van der Waals surface area contributed by atoms with Crippen molar-refractivity contribution >= 4 is 29.9 Å². The number of hydrogen-bond acceptors (Lipinski definition) is 1. The van der Waals surface area contributed by atoms with Crippen LogP contribution in [0.1, 0.15) is 38.5 Å². The number of rotatable bonds is 3. The molecule has 0 bridgehead atoms. The topological polar surface area (TPSA) is 50.4 Å². The molecule has 16 heavy (non-hydrogen) atoms. The second kappa shape index (κ2) is 8.95. The lowest BCUT2D eigenvalue weighted by atomic mass is 10.1. The van der Waals surface area contributed by atoms with Crippen LogP contribution in [0.25, 0.3) is 0 Å². The molecule has 1 saturated carbocycles. The van der Waals surface area contributed by atoms with Gasteiger partial charge in [-0.25, -0.2) is 13.8 Å². The fourth-order valence-electron chi connectivity index (χ4n) is 1.85. The van der Waals surface area contributed by atoms with Crippen LogP contribution in [0.5, 0.6) is 0 Å². The highest BCUT2D eigenvalue weighted by atomic mass is 127. The highest BCUT2D eigenvalue weighted by Crippen LogP contribution is 2.16. The van der Waals surface area contributed by atoms with E-state index in [0.29, 0.717) is 6.04 Å². The minimum Gasteiger partial charge on any atom is -0.370 e. The number of alkyl halides is 2. The van der Waals surface area contributed by atoms with Gasteiger partial charge in [0.05, 0.1) is 0 Å². The van der Waals surface area contributed by atoms with E-state index in [0.717, 1.165) is 12.8 Å². The first-order valence-electron chi connectivity index (χ1n) is 5.53. The molecule has 0 saturated heterocycles. The van der Waals surface area contributed by atoms with Crippen molar-refractivity contribution in [2.24, 2.45) is 10.7 Å². The van der Waals surface area contributed by atoms with Gasteiger partial charge in [-0.15, -0.1) is 24.0 Å². The summed E-state index contributed by atoms with van der Waals surface area (Å²) in [7, 11) is 0. The molecule has 1 aliphatic carbocycles. The van der Waals surface area contributed by atoms with Gasteiger partial charge in [-0.05, 0) is 12.8 Å². The Bertz CT molecular complexity index is 204. The van der Waals surface area contributed by atoms with E-state index in [9.17, 15) is 8.78 Å². The average molecular weight is 347 g/mol. The fraction of sp³-hybridized carbons (Fsp3) is 0.900. The third-order valence-electron chi connectivity index (χ3n) is 2.61. The lowest BCUT2D eigenvalue weighted by Crippen LogP contribution is -2.40. The Hall–Kier alpha value is -0.140. The van der Waals surface area contributed by atoms with E-state index in [-0.39, 0.29) is 29.9 Å². The summed E-state index contributed by atoms with van der Waals surface area (Å²) >= 11 is 0. The minimum absolute atomic E-state index is 0. The van der Waals surface area contributed by atoms with Crippen molar-refractivity contribution in [1.29, 1.82) is 0 Å². The molecule has 1 aliphatic rings. The predicted molar refractivity (Wildman–Crippen MR) is 72.5 cm³/mol. The highest BCUT2D eigenvalue weighted by Gasteiger charge is 2.12. The zero-order valence-corrected chi connectivity index (χ0v) is 11.6. The summed E-state index contributed by atoms with van der Waals surface area (Å²) in [5.74, 6) is 0.155. The summed E-state index contributed by atoms with van der Waals surface area (Å²) in [4.78, 5) is 3.58. The third-order valence-corrected chi connectivity index (χ3v) is 2.61. The maximum atomic E-state index is 11.8. The number of nitrogens with one attached hydrogen (secondary N) is 1. The number of hydrogen-bond donors (Lipinski definition) is 2. The number of nitrogens with zero attached hydrogens (tertiary/aromatic N) is 1. The Morgan fingerprint density at radius 2 is 1.81 bits per heavy atom. The van der Waals surface area contributed by atoms with Gasteiger partial charge >= 0.3 is 0 Å². The van der Waals surface area contributed by atoms with Crippen LogP contribution in [0.2, 0.25) is 0 Å². The van der Waals surface area contributed by atoms with Crippen molar-refractivity contribution in [3.05, 3.63) is 0 Å². The van der Waals surface area contributed by atoms with Crippen LogP contribution in [-0.2, 0) is 0 Å². The van der Waals surface area contributed by atoms with Crippen molar-refractivity contribution in [1.82, 2.24) is 5.32 Å². The zero-order valence-electron chi connectivity index (χ0n) is 9.29. The highest BCUT2D eigenvalue weighted by molar-refractivity contribution is 14.0. The normalized spacial score (nSPS) is 19.1. The van der Waals surface area contributed by atoms with Crippen LogP contribution in [0.4, 0.5) is 8.78 Å². The maximum absolute atomic E-state index is 11.8. The first-order valence-corrected chi connectivity index (χ1v) is 5.53. The smallest absolute Gasteiger partial charge is 0.257 e. The third kappa shape index (κ3) is 7.19. The molecule has 0 heterocycles. The predicted octanol–water partition coefficient (Wildman–Crippen LogP) is 2.50. The molecule has 0 aliphatic heterocycles. The molecule has 1 rings (SSSR count). The van der Waals surface area contributed by atoms with E-state index in [2.05, 4.69) is 10.3 Å². The molecule has 6 heteroatoms. The summed E-state index contributed by atoms with van der Waals surface area (Å²) in [5, 5.41) is 3.01. The van der Waals surface area contributed by atoms with E-state index in [1.165, 1.54) is 25.7 Å². The molecular weight excluding hydrogens is 327 g/mol. The van der Waals surface area contributed by atoms with Gasteiger partial charge in [0.2, 0.25) is 0 Å². The summed E-state index contributed by atoms with van der Waals surface area (Å²) < 4.78 is 23.7. The van der Waals surface area contributed by atoms with Gasteiger partial charge < -0.3 is 11.1 Å². The van der Waals surface area contributed by atoms with Gasteiger partial charge in [0.25, 0.3) is 6.43 Å². The maximum Gasteiger partial charge on any atom is 0.257 e. The van der Waals surface area contributed by atoms with Crippen molar-refractivity contribution in [2.45, 2.75) is 51.0 Å². The van der Waals surface area contributed by atoms with E-state index in [1.54, 1.807) is 0 Å². The van der Waals surface area contributed by atoms with Crippen molar-refractivity contribution in [3.63, 3.8) is 0 Å². The Morgan fingerprint density at radius 3 is 2.31 bits per heavy atom. The first-order chi connectivity index (χ1) is 7.18. The molecule has 0 aromatic heterocycles. The lowest BCUT2D eigenvalue weighted by molar-refractivity contribution is 0.158. The zero-order chi connectivity index (χ0) is 11.1. The summed E-state index contributed by atoms with van der Waals surface area (Å²) in [6, 6.07) is 0.314. The van der Waals surface area contributed by atoms with Crippen molar-refractivity contribution in [3.8, 4) is 0 Å². The Labute approximate surface area is 112 Å². The van der Waals surface area contributed by atoms with Gasteiger partial charge in [0.15, 0.2) is 5.96 Å². The molecule has 0 radical (unpaired) electrons. The molecule has 1 fully saturated rings. The second-order valence-corrected chi connectivity index (χ2v) is 3.95. The average Bonchev–Trinajstić information content (AvgIpc) is 2.43. The molecular formula is C10H20F2IN3. The molecule has 0 amide bonds. The molecule has 0 unspecified atom stereocenters. The summed E-state index contributed by atoms with van der Waals surface area (Å²) in [5.41, 5.74) is 5.51. The molecule has 0 atom stereocenters. The minimum atomic E-state index is -2.42. The Kier molecular flexibility index (Phi) is 8.87. The van der Waals surface area contributed by atoms with Crippen LogP contribution < -0.4 is 11.1 Å². The summed E-state index contributed by atoms with van der Waals surface area (Å²) in [6.45, 7) is -0.508. The number of aliphatic imine (C=N–C) groups is 1. The molecule has 3 nitrogen and oxygen atoms in total. The molecule has 0 aromatic carbocycles. The van der Waals surface area contributed by atoms with Crippen LogP contribution in [0.3, 0.4) is 0 Å². The quantitative estimate of drug-likeness (QED) is 0.357. The SMILES string of the molecule is I.NC(=NCC(F)F)NC1CCCCCC1. The van der Waals surface area contributed by atoms with Crippen LogP contribution >= 0.6 is 24.0 Å². The molecule has 96 valence electrons. The number of nitrogens with two attached hydrogens (primary N) is 1. The monoisotopic (exact) mass is 347 g/mol. The van der Waals surface area contributed by atoms with E-state index >= 15 is 0 Å². The molecule has 3 N–H and O–H groups in total. The van der Waals surface area contributed by atoms with E-state index in [1.807, 2.05) is 0 Å². The van der Waals surface area contributed by atoms with Gasteiger partial charge in [-0.2, -0.15) is 0 Å².